The van der Waals surface area contributed by atoms with E-state index in [4.69, 9.17) is 38.4 Å². The van der Waals surface area contributed by atoms with Crippen LogP contribution < -0.4 is 10.5 Å². The number of Topliss-reactive ketones (excluding diaryl/α,β-unsaturated/α-hetero) is 1. The maximum absolute atomic E-state index is 13.5. The Kier molecular flexibility index (Phi) is 7.65. The molecule has 0 radical (unpaired) electrons. The second-order valence-corrected chi connectivity index (χ2v) is 10.7. The molecule has 4 rings (SSSR count). The van der Waals surface area contributed by atoms with E-state index >= 15 is 0 Å². The lowest BCUT2D eigenvalue weighted by molar-refractivity contribution is -0.118. The van der Waals surface area contributed by atoms with E-state index in [1.165, 1.54) is 0 Å². The van der Waals surface area contributed by atoms with Crippen molar-refractivity contribution in [3.8, 4) is 11.8 Å². The monoisotopic (exact) mass is 525 g/mol. The van der Waals surface area contributed by atoms with Gasteiger partial charge in [0.05, 0.1) is 34.2 Å². The number of allylic oxidation sites excluding steroid dienone is 3. The summed E-state index contributed by atoms with van der Waals surface area (Å²) in [6.45, 7) is 5.40. The van der Waals surface area contributed by atoms with Crippen molar-refractivity contribution in [1.82, 2.24) is 4.90 Å². The first kappa shape index (κ1) is 26.1. The Balaban J connectivity index is 1.66. The van der Waals surface area contributed by atoms with Gasteiger partial charge in [-0.1, -0.05) is 55.2 Å². The number of nitrogens with two attached hydrogens (primary N) is 1. The van der Waals surface area contributed by atoms with Gasteiger partial charge in [0.1, 0.15) is 18.2 Å². The van der Waals surface area contributed by atoms with Crippen LogP contribution in [0.15, 0.2) is 65.1 Å². The maximum atomic E-state index is 13.5. The van der Waals surface area contributed by atoms with E-state index in [-0.39, 0.29) is 11.2 Å². The standard InChI is InChI=1S/C28H29Cl2N3O3/c1-28(2)13-23-26(24(34)14-28)25(20(15-31)27(32)33(23)10-11-35-3)18-5-7-19(8-6-18)36-16-17-4-9-21(29)22(30)12-17/h4-9,12,25H,10-11,13-14,16,32H2,1-3H3/t25-/m1/s1. The number of carbonyl (C=O) groups is 1. The Morgan fingerprint density at radius 3 is 2.50 bits per heavy atom. The van der Waals surface area contributed by atoms with Gasteiger partial charge in [-0.3, -0.25) is 4.79 Å². The van der Waals surface area contributed by atoms with Gasteiger partial charge in [0.15, 0.2) is 5.78 Å². The molecule has 2 aromatic rings. The number of rotatable bonds is 7. The van der Waals surface area contributed by atoms with Gasteiger partial charge in [-0.25, -0.2) is 0 Å². The molecule has 1 aliphatic carbocycles. The summed E-state index contributed by atoms with van der Waals surface area (Å²) in [7, 11) is 1.62. The van der Waals surface area contributed by atoms with E-state index in [2.05, 4.69) is 19.9 Å². The maximum Gasteiger partial charge on any atom is 0.162 e. The van der Waals surface area contributed by atoms with Gasteiger partial charge in [0.25, 0.3) is 0 Å². The van der Waals surface area contributed by atoms with Crippen molar-refractivity contribution in [3.05, 3.63) is 86.3 Å². The molecule has 0 spiro atoms. The van der Waals surface area contributed by atoms with Crippen LogP contribution in [0.3, 0.4) is 0 Å². The highest BCUT2D eigenvalue weighted by atomic mass is 35.5. The number of methoxy groups -OCH3 is 1. The number of halogens is 2. The van der Waals surface area contributed by atoms with Gasteiger partial charge in [0, 0.05) is 31.3 Å². The van der Waals surface area contributed by atoms with Crippen molar-refractivity contribution in [3.63, 3.8) is 0 Å². The molecule has 1 atom stereocenters. The van der Waals surface area contributed by atoms with Crippen molar-refractivity contribution in [2.24, 2.45) is 11.1 Å². The lowest BCUT2D eigenvalue weighted by Gasteiger charge is -2.43. The zero-order valence-corrected chi connectivity index (χ0v) is 22.1. The smallest absolute Gasteiger partial charge is 0.162 e. The molecule has 188 valence electrons. The summed E-state index contributed by atoms with van der Waals surface area (Å²) >= 11 is 12.1. The van der Waals surface area contributed by atoms with Crippen LogP contribution in [0.4, 0.5) is 0 Å². The summed E-state index contributed by atoms with van der Waals surface area (Å²) in [5, 5.41) is 11.1. The van der Waals surface area contributed by atoms with E-state index in [0.717, 1.165) is 16.8 Å². The van der Waals surface area contributed by atoms with Gasteiger partial charge < -0.3 is 20.1 Å². The predicted octanol–water partition coefficient (Wildman–Crippen LogP) is 5.96. The molecular weight excluding hydrogens is 497 g/mol. The molecule has 6 nitrogen and oxygen atoms in total. The van der Waals surface area contributed by atoms with Crippen molar-refractivity contribution in [2.75, 3.05) is 20.3 Å². The Labute approximate surface area is 221 Å². The second kappa shape index (κ2) is 10.6. The minimum atomic E-state index is -0.517. The summed E-state index contributed by atoms with van der Waals surface area (Å²) in [6, 6.07) is 15.1. The van der Waals surface area contributed by atoms with Crippen molar-refractivity contribution in [2.45, 2.75) is 39.2 Å². The first-order chi connectivity index (χ1) is 17.1. The van der Waals surface area contributed by atoms with Crippen LogP contribution in [-0.2, 0) is 16.1 Å². The third kappa shape index (κ3) is 5.24. The summed E-state index contributed by atoms with van der Waals surface area (Å²) in [5.41, 5.74) is 9.98. The van der Waals surface area contributed by atoms with Gasteiger partial charge in [0.2, 0.25) is 0 Å². The van der Waals surface area contributed by atoms with Crippen molar-refractivity contribution >= 4 is 29.0 Å². The lowest BCUT2D eigenvalue weighted by atomic mass is 9.68. The minimum absolute atomic E-state index is 0.0499. The number of benzene rings is 2. The molecule has 0 fully saturated rings. The Hall–Kier alpha value is -2.98. The van der Waals surface area contributed by atoms with E-state index in [0.29, 0.717) is 65.4 Å². The average molecular weight is 526 g/mol. The topological polar surface area (TPSA) is 88.6 Å². The SMILES string of the molecule is COCCN1C(N)=C(C#N)[C@@H](c2ccc(OCc3ccc(Cl)c(Cl)c3)cc2)C2=C1CC(C)(C)CC2=O. The third-order valence-electron chi connectivity index (χ3n) is 6.61. The molecule has 2 aromatic carbocycles. The highest BCUT2D eigenvalue weighted by Gasteiger charge is 2.44. The van der Waals surface area contributed by atoms with Gasteiger partial charge >= 0.3 is 0 Å². The highest BCUT2D eigenvalue weighted by molar-refractivity contribution is 6.42. The fourth-order valence-corrected chi connectivity index (χ4v) is 5.22. The molecule has 0 saturated heterocycles. The largest absolute Gasteiger partial charge is 0.489 e. The van der Waals surface area contributed by atoms with Gasteiger partial charge in [-0.15, -0.1) is 0 Å². The third-order valence-corrected chi connectivity index (χ3v) is 7.35. The first-order valence-corrected chi connectivity index (χ1v) is 12.5. The van der Waals surface area contributed by atoms with E-state index < -0.39 is 5.92 Å². The predicted molar refractivity (Wildman–Crippen MR) is 140 cm³/mol. The Morgan fingerprint density at radius 2 is 1.86 bits per heavy atom. The molecule has 8 heteroatoms. The molecule has 2 aliphatic rings. The number of nitrogens with zero attached hydrogens (tertiary/aromatic N) is 2. The fourth-order valence-electron chi connectivity index (χ4n) is 4.90. The zero-order valence-electron chi connectivity index (χ0n) is 20.6. The quantitative estimate of drug-likeness (QED) is 0.479. The molecule has 1 aliphatic heterocycles. The van der Waals surface area contributed by atoms with Crippen LogP contribution in [0, 0.1) is 16.7 Å². The minimum Gasteiger partial charge on any atom is -0.489 e. The average Bonchev–Trinajstić information content (AvgIpc) is 2.83. The summed E-state index contributed by atoms with van der Waals surface area (Å²) in [4.78, 5) is 15.3. The molecule has 36 heavy (non-hydrogen) atoms. The number of ketones is 1. The molecule has 2 N–H and O–H groups in total. The molecule has 0 saturated carbocycles. The number of ether oxygens (including phenoxy) is 2. The number of hydrogen-bond acceptors (Lipinski definition) is 6. The van der Waals surface area contributed by atoms with Crippen LogP contribution in [-0.4, -0.2) is 30.9 Å². The van der Waals surface area contributed by atoms with Crippen LogP contribution in [0.25, 0.3) is 0 Å². The van der Waals surface area contributed by atoms with E-state index in [1.807, 2.05) is 35.2 Å². The second-order valence-electron chi connectivity index (χ2n) is 9.90. The number of hydrogen-bond donors (Lipinski definition) is 1. The van der Waals surface area contributed by atoms with Crippen LogP contribution >= 0.6 is 23.2 Å². The summed E-state index contributed by atoms with van der Waals surface area (Å²) in [5.74, 6) is 0.567. The Morgan fingerprint density at radius 1 is 1.14 bits per heavy atom. The number of nitriles is 1. The lowest BCUT2D eigenvalue weighted by Crippen LogP contribution is -2.43. The normalized spacial score (nSPS) is 19.3. The summed E-state index contributed by atoms with van der Waals surface area (Å²) < 4.78 is 11.2. The molecule has 0 aromatic heterocycles. The molecule has 0 unspecified atom stereocenters. The molecular formula is C28H29Cl2N3O3. The van der Waals surface area contributed by atoms with Gasteiger partial charge in [-0.05, 0) is 47.2 Å². The van der Waals surface area contributed by atoms with Crippen molar-refractivity contribution < 1.29 is 14.3 Å². The number of carbonyl (C=O) groups excluding carboxylic acids is 1. The first-order valence-electron chi connectivity index (χ1n) is 11.7. The van der Waals surface area contributed by atoms with Crippen LogP contribution in [0.2, 0.25) is 10.0 Å². The fraction of sp³-hybridized carbons (Fsp3) is 0.357. The van der Waals surface area contributed by atoms with Crippen LogP contribution in [0.5, 0.6) is 5.75 Å². The van der Waals surface area contributed by atoms with Gasteiger partial charge in [-0.2, -0.15) is 5.26 Å². The molecule has 0 bridgehead atoms. The summed E-state index contributed by atoms with van der Waals surface area (Å²) in [6.07, 6.45) is 1.11. The molecule has 0 amide bonds. The van der Waals surface area contributed by atoms with Crippen molar-refractivity contribution in [1.29, 1.82) is 5.26 Å². The highest BCUT2D eigenvalue weighted by Crippen LogP contribution is 2.49. The van der Waals surface area contributed by atoms with Crippen LogP contribution in [0.1, 0.15) is 43.7 Å². The molecule has 1 heterocycles. The van der Waals surface area contributed by atoms with E-state index in [1.54, 1.807) is 19.2 Å². The zero-order chi connectivity index (χ0) is 26.0. The Bertz CT molecular complexity index is 1280. The van der Waals surface area contributed by atoms with E-state index in [9.17, 15) is 10.1 Å².